The summed E-state index contributed by atoms with van der Waals surface area (Å²) in [5, 5.41) is 14.0. The zero-order chi connectivity index (χ0) is 15.2. The number of anilines is 2. The van der Waals surface area contributed by atoms with Crippen LogP contribution < -0.4 is 10.6 Å². The first-order valence-corrected chi connectivity index (χ1v) is 6.84. The Morgan fingerprint density at radius 1 is 0.810 bits per heavy atom. The first kappa shape index (κ1) is 15.4. The van der Waals surface area contributed by atoms with Crippen LogP contribution >= 0.6 is 0 Å². The van der Waals surface area contributed by atoms with E-state index in [1.54, 1.807) is 0 Å². The third-order valence-corrected chi connectivity index (χ3v) is 2.82. The first-order valence-electron chi connectivity index (χ1n) is 6.84. The van der Waals surface area contributed by atoms with Gasteiger partial charge >= 0.3 is 0 Å². The van der Waals surface area contributed by atoms with Crippen molar-refractivity contribution in [3.63, 3.8) is 0 Å². The predicted octanol–water partition coefficient (Wildman–Crippen LogP) is -0.0402. The van der Waals surface area contributed by atoms with Gasteiger partial charge < -0.3 is 20.4 Å². The first-order chi connectivity index (χ1) is 10.1. The highest BCUT2D eigenvalue weighted by atomic mass is 16.6. The molecule has 2 aromatic heterocycles. The second-order valence-electron chi connectivity index (χ2n) is 5.29. The molecular weight excluding hydrogens is 272 g/mol. The summed E-state index contributed by atoms with van der Waals surface area (Å²) in [7, 11) is 8.09. The topological polar surface area (TPSA) is 95.2 Å². The molecule has 0 aliphatic rings. The normalized spacial score (nSPS) is 11.5. The summed E-state index contributed by atoms with van der Waals surface area (Å²) in [6, 6.07) is 0. The Morgan fingerprint density at radius 3 is 1.62 bits per heavy atom. The summed E-state index contributed by atoms with van der Waals surface area (Å²) in [6.07, 6.45) is 0. The fourth-order valence-corrected chi connectivity index (χ4v) is 1.68. The summed E-state index contributed by atoms with van der Waals surface area (Å²) in [5.41, 5.74) is 0.807. The van der Waals surface area contributed by atoms with E-state index in [9.17, 15) is 0 Å². The minimum atomic E-state index is 0.403. The van der Waals surface area contributed by atoms with Crippen molar-refractivity contribution in [1.82, 2.24) is 30.1 Å². The van der Waals surface area contributed by atoms with E-state index in [1.807, 2.05) is 28.2 Å². The van der Waals surface area contributed by atoms with Crippen molar-refractivity contribution < 1.29 is 4.63 Å². The zero-order valence-electron chi connectivity index (χ0n) is 12.9. The summed E-state index contributed by atoms with van der Waals surface area (Å²) >= 11 is 0. The number of aromatic nitrogens is 4. The van der Waals surface area contributed by atoms with E-state index in [1.165, 1.54) is 0 Å². The largest absolute Gasteiger partial charge is 0.366 e. The van der Waals surface area contributed by atoms with E-state index >= 15 is 0 Å². The van der Waals surface area contributed by atoms with E-state index in [4.69, 9.17) is 0 Å². The van der Waals surface area contributed by atoms with E-state index in [-0.39, 0.29) is 0 Å². The lowest BCUT2D eigenvalue weighted by atomic mass is 10.4. The Bertz CT molecular complexity index is 519. The van der Waals surface area contributed by atoms with E-state index in [0.717, 1.165) is 26.2 Å². The lowest BCUT2D eigenvalue weighted by molar-refractivity contribution is 0.314. The van der Waals surface area contributed by atoms with Crippen molar-refractivity contribution in [3.8, 4) is 0 Å². The van der Waals surface area contributed by atoms with Crippen molar-refractivity contribution in [3.05, 3.63) is 0 Å². The molecule has 9 heteroatoms. The van der Waals surface area contributed by atoms with Crippen LogP contribution in [0.25, 0.3) is 11.3 Å². The Morgan fingerprint density at radius 2 is 1.24 bits per heavy atom. The Labute approximate surface area is 123 Å². The fourth-order valence-electron chi connectivity index (χ4n) is 1.68. The lowest BCUT2D eigenvalue weighted by Gasteiger charge is -2.15. The molecule has 0 spiro atoms. The van der Waals surface area contributed by atoms with Gasteiger partial charge in [-0.1, -0.05) is 0 Å². The van der Waals surface area contributed by atoms with Crippen LogP contribution in [0.5, 0.6) is 0 Å². The SMILES string of the molecule is CN(C)CCNc1nc2nonc2nc1NCCN(C)C. The molecule has 0 saturated heterocycles. The highest BCUT2D eigenvalue weighted by molar-refractivity contribution is 5.73. The number of likely N-dealkylation sites (N-methyl/N-ethyl adjacent to an activating group) is 2. The van der Waals surface area contributed by atoms with Crippen molar-refractivity contribution in [2.24, 2.45) is 0 Å². The number of fused-ring (bicyclic) bond motifs is 1. The maximum atomic E-state index is 4.66. The molecule has 0 aliphatic heterocycles. The lowest BCUT2D eigenvalue weighted by Crippen LogP contribution is -2.23. The smallest absolute Gasteiger partial charge is 0.245 e. The van der Waals surface area contributed by atoms with E-state index in [0.29, 0.717) is 22.9 Å². The van der Waals surface area contributed by atoms with Crippen LogP contribution in [-0.4, -0.2) is 84.5 Å². The molecular formula is C12H22N8O. The molecule has 2 N–H and O–H groups in total. The third-order valence-electron chi connectivity index (χ3n) is 2.82. The van der Waals surface area contributed by atoms with Crippen LogP contribution in [0, 0.1) is 0 Å². The Hall–Kier alpha value is -2.00. The summed E-state index contributed by atoms with van der Waals surface area (Å²) < 4.78 is 4.66. The molecule has 2 aromatic rings. The van der Waals surface area contributed by atoms with Crippen LogP contribution in [0.3, 0.4) is 0 Å². The van der Waals surface area contributed by atoms with E-state index < -0.39 is 0 Å². The number of hydrogen-bond donors (Lipinski definition) is 2. The van der Waals surface area contributed by atoms with Gasteiger partial charge in [0.15, 0.2) is 11.6 Å². The molecule has 0 aromatic carbocycles. The van der Waals surface area contributed by atoms with Crippen LogP contribution in [0.15, 0.2) is 4.63 Å². The molecule has 2 rings (SSSR count). The zero-order valence-corrected chi connectivity index (χ0v) is 12.9. The summed E-state index contributed by atoms with van der Waals surface area (Å²) in [5.74, 6) is 1.33. The van der Waals surface area contributed by atoms with Gasteiger partial charge in [0.05, 0.1) is 0 Å². The molecule has 9 nitrogen and oxygen atoms in total. The number of rotatable bonds is 8. The monoisotopic (exact) mass is 294 g/mol. The van der Waals surface area contributed by atoms with Gasteiger partial charge in [0.25, 0.3) is 0 Å². The maximum absolute atomic E-state index is 4.66. The summed E-state index contributed by atoms with van der Waals surface area (Å²) in [4.78, 5) is 13.0. The fraction of sp³-hybridized carbons (Fsp3) is 0.667. The van der Waals surface area contributed by atoms with Gasteiger partial charge in [-0.25, -0.2) is 14.6 Å². The van der Waals surface area contributed by atoms with E-state index in [2.05, 4.69) is 45.3 Å². The molecule has 0 fully saturated rings. The molecule has 0 bridgehead atoms. The molecule has 2 heterocycles. The minimum Gasteiger partial charge on any atom is -0.366 e. The quantitative estimate of drug-likeness (QED) is 0.695. The minimum absolute atomic E-state index is 0.403. The van der Waals surface area contributed by atoms with Crippen LogP contribution in [0.4, 0.5) is 11.6 Å². The molecule has 0 unspecified atom stereocenters. The van der Waals surface area contributed by atoms with Crippen molar-refractivity contribution in [1.29, 1.82) is 0 Å². The van der Waals surface area contributed by atoms with Crippen molar-refractivity contribution >= 4 is 22.9 Å². The number of hydrogen-bond acceptors (Lipinski definition) is 9. The molecule has 21 heavy (non-hydrogen) atoms. The van der Waals surface area contributed by atoms with Crippen LogP contribution in [-0.2, 0) is 0 Å². The number of nitrogens with zero attached hydrogens (tertiary/aromatic N) is 6. The van der Waals surface area contributed by atoms with Crippen molar-refractivity contribution in [2.45, 2.75) is 0 Å². The molecule has 0 saturated carbocycles. The molecule has 0 aliphatic carbocycles. The molecule has 0 radical (unpaired) electrons. The molecule has 116 valence electrons. The van der Waals surface area contributed by atoms with Gasteiger partial charge in [0.2, 0.25) is 11.3 Å². The predicted molar refractivity (Wildman–Crippen MR) is 81.5 cm³/mol. The second-order valence-corrected chi connectivity index (χ2v) is 5.29. The standard InChI is InChI=1S/C12H22N8O/c1-19(2)7-5-13-9-10(14-6-8-20(3)4)16-12-11(15-9)17-21-18-12/h5-8H2,1-4H3,(H,13,15,17)(H,14,16,18). The van der Waals surface area contributed by atoms with Gasteiger partial charge in [0.1, 0.15) is 0 Å². The molecule has 0 amide bonds. The Balaban J connectivity index is 2.10. The van der Waals surface area contributed by atoms with Gasteiger partial charge in [-0.05, 0) is 38.5 Å². The summed E-state index contributed by atoms with van der Waals surface area (Å²) in [6.45, 7) is 3.32. The average Bonchev–Trinajstić information content (AvgIpc) is 2.85. The highest BCUT2D eigenvalue weighted by Gasteiger charge is 2.12. The maximum Gasteiger partial charge on any atom is 0.245 e. The average molecular weight is 294 g/mol. The second kappa shape index (κ2) is 7.14. The van der Waals surface area contributed by atoms with Crippen LogP contribution in [0.1, 0.15) is 0 Å². The highest BCUT2D eigenvalue weighted by Crippen LogP contribution is 2.18. The van der Waals surface area contributed by atoms with Crippen LogP contribution in [0.2, 0.25) is 0 Å². The van der Waals surface area contributed by atoms with Gasteiger partial charge in [-0.15, -0.1) is 0 Å². The third kappa shape index (κ3) is 4.50. The number of nitrogens with one attached hydrogen (secondary N) is 2. The Kier molecular flexibility index (Phi) is 5.23. The molecule has 0 atom stereocenters. The van der Waals surface area contributed by atoms with Gasteiger partial charge in [0, 0.05) is 26.2 Å². The van der Waals surface area contributed by atoms with Gasteiger partial charge in [-0.2, -0.15) is 0 Å². The van der Waals surface area contributed by atoms with Crippen molar-refractivity contribution in [2.75, 3.05) is 65.0 Å². The van der Waals surface area contributed by atoms with Gasteiger partial charge in [-0.3, -0.25) is 0 Å².